The van der Waals surface area contributed by atoms with Crippen LogP contribution in [0, 0.1) is 0 Å². The Morgan fingerprint density at radius 2 is 1.18 bits per heavy atom. The molecule has 1 saturated heterocycles. The van der Waals surface area contributed by atoms with E-state index in [1.807, 2.05) is 0 Å². The average Bonchev–Trinajstić information content (AvgIpc) is 3.10. The van der Waals surface area contributed by atoms with Gasteiger partial charge in [0, 0.05) is 6.42 Å². The summed E-state index contributed by atoms with van der Waals surface area (Å²) in [5, 5.41) is 0. The van der Waals surface area contributed by atoms with Gasteiger partial charge in [0.25, 0.3) is 0 Å². The van der Waals surface area contributed by atoms with E-state index in [0.29, 0.717) is 0 Å². The second kappa shape index (κ2) is 5.06. The molecule has 13 heteroatoms. The molecule has 0 saturated carbocycles. The number of halogens is 12. The molecule has 1 nitrogen and oxygen atoms in total. The van der Waals surface area contributed by atoms with Gasteiger partial charge in [-0.1, -0.05) is 0 Å². The van der Waals surface area contributed by atoms with Crippen LogP contribution in [-0.2, 0) is 4.74 Å². The van der Waals surface area contributed by atoms with E-state index in [2.05, 4.69) is 4.74 Å². The maximum Gasteiger partial charge on any atom is 0.384 e. The molecule has 1 heterocycles. The van der Waals surface area contributed by atoms with Crippen molar-refractivity contribution >= 4 is 0 Å². The summed E-state index contributed by atoms with van der Waals surface area (Å²) in [6.07, 6.45) is -9.29. The van der Waals surface area contributed by atoms with Gasteiger partial charge in [-0.15, -0.1) is 0 Å². The molecule has 1 fully saturated rings. The Labute approximate surface area is 114 Å². The van der Waals surface area contributed by atoms with Crippen LogP contribution >= 0.6 is 0 Å². The summed E-state index contributed by atoms with van der Waals surface area (Å²) in [5.74, 6) is -34.7. The maximum absolute atomic E-state index is 13.0. The molecule has 0 N–H and O–H groups in total. The molecule has 1 unspecified atom stereocenters. The first kappa shape index (κ1) is 19.2. The van der Waals surface area contributed by atoms with E-state index < -0.39 is 55.2 Å². The Balaban J connectivity index is 3.24. The minimum absolute atomic E-state index is 0.555. The molecule has 132 valence electrons. The van der Waals surface area contributed by atoms with Crippen LogP contribution in [0.15, 0.2) is 0 Å². The zero-order valence-electron chi connectivity index (χ0n) is 10.0. The summed E-state index contributed by atoms with van der Waals surface area (Å²) in [6.45, 7) is -0.555. The van der Waals surface area contributed by atoms with Crippen molar-refractivity contribution in [3.8, 4) is 0 Å². The van der Waals surface area contributed by atoms with Gasteiger partial charge < -0.3 is 4.74 Å². The average molecular weight is 358 g/mol. The summed E-state index contributed by atoms with van der Waals surface area (Å²) in [5.41, 5.74) is 0. The highest BCUT2D eigenvalue weighted by Crippen LogP contribution is 2.59. The fourth-order valence-corrected chi connectivity index (χ4v) is 1.37. The number of hydrogen-bond acceptors (Lipinski definition) is 1. The Kier molecular flexibility index (Phi) is 4.41. The highest BCUT2D eigenvalue weighted by Gasteiger charge is 2.87. The number of ether oxygens (including phenoxy) is 1. The first-order valence-corrected chi connectivity index (χ1v) is 5.31. The van der Waals surface area contributed by atoms with E-state index >= 15 is 0 Å². The summed E-state index contributed by atoms with van der Waals surface area (Å²) in [6, 6.07) is 0. The van der Waals surface area contributed by atoms with Crippen molar-refractivity contribution in [1.82, 2.24) is 0 Å². The van der Waals surface area contributed by atoms with E-state index in [9.17, 15) is 52.7 Å². The zero-order chi connectivity index (χ0) is 17.8. The minimum atomic E-state index is -7.45. The summed E-state index contributed by atoms with van der Waals surface area (Å²) >= 11 is 0. The van der Waals surface area contributed by atoms with Crippen molar-refractivity contribution < 1.29 is 57.4 Å². The Morgan fingerprint density at radius 1 is 0.773 bits per heavy atom. The first-order chi connectivity index (χ1) is 9.52. The third-order valence-electron chi connectivity index (χ3n) is 2.83. The molecule has 0 bridgehead atoms. The van der Waals surface area contributed by atoms with E-state index in [4.69, 9.17) is 0 Å². The van der Waals surface area contributed by atoms with Gasteiger partial charge in [0.15, 0.2) is 0 Å². The molecule has 1 rings (SSSR count). The lowest BCUT2D eigenvalue weighted by molar-refractivity contribution is -0.413. The van der Waals surface area contributed by atoms with Crippen molar-refractivity contribution in [3.63, 3.8) is 0 Å². The predicted octanol–water partition coefficient (Wildman–Crippen LogP) is 4.22. The fraction of sp³-hybridized carbons (Fsp3) is 1.00. The lowest BCUT2D eigenvalue weighted by Crippen LogP contribution is -2.68. The number of rotatable bonds is 7. The molecule has 0 radical (unpaired) electrons. The van der Waals surface area contributed by atoms with Crippen LogP contribution in [0.2, 0.25) is 0 Å². The topological polar surface area (TPSA) is 12.5 Å². The zero-order valence-corrected chi connectivity index (χ0v) is 10.0. The van der Waals surface area contributed by atoms with Crippen molar-refractivity contribution in [2.75, 3.05) is 6.61 Å². The highest BCUT2D eigenvalue weighted by atomic mass is 19.4. The monoisotopic (exact) mass is 358 g/mol. The summed E-state index contributed by atoms with van der Waals surface area (Å²) in [7, 11) is 0. The van der Waals surface area contributed by atoms with E-state index in [-0.39, 0.29) is 0 Å². The van der Waals surface area contributed by atoms with Crippen LogP contribution < -0.4 is 0 Å². The maximum atomic E-state index is 13.0. The molecule has 0 spiro atoms. The summed E-state index contributed by atoms with van der Waals surface area (Å²) in [4.78, 5) is 0. The van der Waals surface area contributed by atoms with Gasteiger partial charge in [-0.25, -0.2) is 8.78 Å². The minimum Gasteiger partial charge on any atom is -0.373 e. The smallest absolute Gasteiger partial charge is 0.373 e. The van der Waals surface area contributed by atoms with Crippen molar-refractivity contribution in [2.24, 2.45) is 0 Å². The Bertz CT molecular complexity index is 413. The molecule has 1 atom stereocenters. The molecule has 0 aromatic rings. The number of hydrogen-bond donors (Lipinski definition) is 0. The fourth-order valence-electron chi connectivity index (χ4n) is 1.37. The van der Waals surface area contributed by atoms with Crippen LogP contribution in [0.25, 0.3) is 0 Å². The van der Waals surface area contributed by atoms with Crippen LogP contribution in [0.4, 0.5) is 52.7 Å². The van der Waals surface area contributed by atoms with Crippen LogP contribution in [0.1, 0.15) is 6.42 Å². The van der Waals surface area contributed by atoms with Crippen molar-refractivity contribution in [3.05, 3.63) is 0 Å². The van der Waals surface area contributed by atoms with Gasteiger partial charge in [-0.05, 0) is 0 Å². The van der Waals surface area contributed by atoms with Crippen LogP contribution in [-0.4, -0.2) is 48.7 Å². The number of epoxide rings is 1. The van der Waals surface area contributed by atoms with Crippen molar-refractivity contribution in [1.29, 1.82) is 0 Å². The largest absolute Gasteiger partial charge is 0.384 e. The van der Waals surface area contributed by atoms with Gasteiger partial charge >= 0.3 is 36.0 Å². The molecule has 0 aliphatic carbocycles. The van der Waals surface area contributed by atoms with Crippen molar-refractivity contribution in [2.45, 2.75) is 48.6 Å². The Morgan fingerprint density at radius 3 is 1.50 bits per heavy atom. The predicted molar refractivity (Wildman–Crippen MR) is 45.1 cm³/mol. The molecule has 1 aliphatic heterocycles. The van der Waals surface area contributed by atoms with Crippen LogP contribution in [0.3, 0.4) is 0 Å². The Hall–Kier alpha value is -0.880. The first-order valence-electron chi connectivity index (χ1n) is 5.31. The molecular formula is C9H6F12O. The molecule has 0 amide bonds. The van der Waals surface area contributed by atoms with Crippen LogP contribution in [0.5, 0.6) is 0 Å². The second-order valence-electron chi connectivity index (χ2n) is 4.51. The third kappa shape index (κ3) is 2.60. The summed E-state index contributed by atoms with van der Waals surface area (Å²) < 4.78 is 156. The van der Waals surface area contributed by atoms with Gasteiger partial charge in [-0.3, -0.25) is 0 Å². The number of alkyl halides is 12. The van der Waals surface area contributed by atoms with E-state index in [1.165, 1.54) is 0 Å². The normalized spacial score (nSPS) is 21.4. The van der Waals surface area contributed by atoms with Gasteiger partial charge in [0.05, 0.1) is 12.7 Å². The molecular weight excluding hydrogens is 352 g/mol. The molecule has 0 aromatic heterocycles. The van der Waals surface area contributed by atoms with Gasteiger partial charge in [0.1, 0.15) is 0 Å². The van der Waals surface area contributed by atoms with E-state index in [1.54, 1.807) is 0 Å². The van der Waals surface area contributed by atoms with Gasteiger partial charge in [0.2, 0.25) is 0 Å². The lowest BCUT2D eigenvalue weighted by atomic mass is 9.92. The molecule has 0 aromatic carbocycles. The standard InChI is InChI=1S/C9H6F12O/c10-4(11)6(14,15)8(18,19)9(20,21)7(16,17)5(12,13)1-3-2-22-3/h3-4H,1-2H2. The SMILES string of the molecule is FC(F)C(F)(F)C(F)(F)C(F)(F)C(F)(F)C(F)(F)CC1CO1. The van der Waals surface area contributed by atoms with E-state index in [0.717, 1.165) is 0 Å². The molecule has 22 heavy (non-hydrogen) atoms. The third-order valence-corrected chi connectivity index (χ3v) is 2.83. The van der Waals surface area contributed by atoms with Gasteiger partial charge in [-0.2, -0.15) is 43.9 Å². The quantitative estimate of drug-likeness (QED) is 0.491. The molecule has 1 aliphatic rings. The second-order valence-corrected chi connectivity index (χ2v) is 4.51. The highest BCUT2D eigenvalue weighted by molar-refractivity contribution is 5.09. The lowest BCUT2D eigenvalue weighted by Gasteiger charge is -2.39.